The molecule has 0 spiro atoms. The minimum atomic E-state index is -0.277. The lowest BCUT2D eigenvalue weighted by molar-refractivity contribution is -0.120. The van der Waals surface area contributed by atoms with Crippen LogP contribution in [0.25, 0.3) is 0 Å². The SMILES string of the molecule is CN(NC(=O)CNC(=O)c1cccs1)c1ccccc1. The van der Waals surface area contributed by atoms with E-state index in [2.05, 4.69) is 10.7 Å². The van der Waals surface area contributed by atoms with Gasteiger partial charge in [0.05, 0.1) is 17.1 Å². The summed E-state index contributed by atoms with van der Waals surface area (Å²) in [5.74, 6) is -0.515. The van der Waals surface area contributed by atoms with Crippen LogP contribution in [0.1, 0.15) is 9.67 Å². The number of nitrogens with one attached hydrogen (secondary N) is 2. The monoisotopic (exact) mass is 289 g/mol. The molecular formula is C14H15N3O2S. The van der Waals surface area contributed by atoms with Gasteiger partial charge in [0.1, 0.15) is 0 Å². The van der Waals surface area contributed by atoms with Gasteiger partial charge in [0.25, 0.3) is 11.8 Å². The molecule has 0 saturated heterocycles. The predicted octanol–water partition coefficient (Wildman–Crippen LogP) is 1.65. The maximum absolute atomic E-state index is 11.7. The smallest absolute Gasteiger partial charge is 0.261 e. The second-order valence-corrected chi connectivity index (χ2v) is 5.04. The topological polar surface area (TPSA) is 61.4 Å². The summed E-state index contributed by atoms with van der Waals surface area (Å²) in [5.41, 5.74) is 3.55. The number of para-hydroxylation sites is 1. The van der Waals surface area contributed by atoms with Crippen molar-refractivity contribution >= 4 is 28.8 Å². The van der Waals surface area contributed by atoms with Crippen LogP contribution in [0.15, 0.2) is 47.8 Å². The van der Waals surface area contributed by atoms with Crippen LogP contribution in [0.4, 0.5) is 5.69 Å². The Balaban J connectivity index is 1.80. The van der Waals surface area contributed by atoms with Gasteiger partial charge in [0.15, 0.2) is 0 Å². The molecule has 20 heavy (non-hydrogen) atoms. The van der Waals surface area contributed by atoms with Crippen LogP contribution in [0.2, 0.25) is 0 Å². The Morgan fingerprint density at radius 1 is 1.15 bits per heavy atom. The van der Waals surface area contributed by atoms with Gasteiger partial charge < -0.3 is 5.32 Å². The average molecular weight is 289 g/mol. The highest BCUT2D eigenvalue weighted by molar-refractivity contribution is 7.12. The maximum atomic E-state index is 11.7. The highest BCUT2D eigenvalue weighted by Gasteiger charge is 2.10. The molecule has 1 aromatic heterocycles. The van der Waals surface area contributed by atoms with Gasteiger partial charge in [-0.05, 0) is 23.6 Å². The number of nitrogens with zero attached hydrogens (tertiary/aromatic N) is 1. The van der Waals surface area contributed by atoms with Crippen molar-refractivity contribution < 1.29 is 9.59 Å². The van der Waals surface area contributed by atoms with E-state index >= 15 is 0 Å². The molecule has 1 heterocycles. The second kappa shape index (κ2) is 6.72. The molecule has 0 aliphatic rings. The number of amides is 2. The molecule has 1 aromatic carbocycles. The normalized spacial score (nSPS) is 9.85. The third-order valence-electron chi connectivity index (χ3n) is 2.59. The van der Waals surface area contributed by atoms with E-state index < -0.39 is 0 Å². The number of rotatable bonds is 5. The largest absolute Gasteiger partial charge is 0.342 e. The molecule has 0 saturated carbocycles. The van der Waals surface area contributed by atoms with Gasteiger partial charge >= 0.3 is 0 Å². The molecule has 2 rings (SSSR count). The number of hydrogen-bond acceptors (Lipinski definition) is 4. The van der Waals surface area contributed by atoms with Crippen LogP contribution < -0.4 is 15.8 Å². The number of thiophene rings is 1. The molecule has 0 atom stereocenters. The molecule has 0 aliphatic heterocycles. The third-order valence-corrected chi connectivity index (χ3v) is 3.46. The molecule has 104 valence electrons. The molecule has 0 bridgehead atoms. The molecule has 2 aromatic rings. The fourth-order valence-corrected chi connectivity index (χ4v) is 2.24. The van der Waals surface area contributed by atoms with E-state index in [0.717, 1.165) is 5.69 Å². The Hall–Kier alpha value is -2.34. The summed E-state index contributed by atoms with van der Waals surface area (Å²) in [5, 5.41) is 6.00. The lowest BCUT2D eigenvalue weighted by atomic mass is 10.3. The number of anilines is 1. The van der Waals surface area contributed by atoms with Crippen LogP contribution in [0.3, 0.4) is 0 Å². The van der Waals surface area contributed by atoms with Crippen molar-refractivity contribution in [2.75, 3.05) is 18.6 Å². The quantitative estimate of drug-likeness (QED) is 0.823. The summed E-state index contributed by atoms with van der Waals surface area (Å²) in [4.78, 5) is 24.0. The Morgan fingerprint density at radius 3 is 2.55 bits per heavy atom. The summed E-state index contributed by atoms with van der Waals surface area (Å²) < 4.78 is 0. The van der Waals surface area contributed by atoms with Crippen molar-refractivity contribution in [1.82, 2.24) is 10.7 Å². The van der Waals surface area contributed by atoms with Crippen molar-refractivity contribution in [2.24, 2.45) is 0 Å². The first-order valence-electron chi connectivity index (χ1n) is 6.07. The summed E-state index contributed by atoms with van der Waals surface area (Å²) in [6, 6.07) is 12.9. The van der Waals surface area contributed by atoms with Crippen molar-refractivity contribution in [3.05, 3.63) is 52.7 Å². The van der Waals surface area contributed by atoms with Crippen LogP contribution in [-0.2, 0) is 4.79 Å². The van der Waals surface area contributed by atoms with Crippen LogP contribution >= 0.6 is 11.3 Å². The molecule has 0 aliphatic carbocycles. The van der Waals surface area contributed by atoms with Crippen LogP contribution in [0.5, 0.6) is 0 Å². The molecular weight excluding hydrogens is 274 g/mol. The molecule has 2 N–H and O–H groups in total. The van der Waals surface area contributed by atoms with E-state index in [9.17, 15) is 9.59 Å². The summed E-state index contributed by atoms with van der Waals surface area (Å²) in [7, 11) is 1.74. The highest BCUT2D eigenvalue weighted by atomic mass is 32.1. The van der Waals surface area contributed by atoms with E-state index in [1.54, 1.807) is 24.2 Å². The van der Waals surface area contributed by atoms with Gasteiger partial charge in [-0.25, -0.2) is 0 Å². The van der Waals surface area contributed by atoms with Gasteiger partial charge in [0, 0.05) is 7.05 Å². The zero-order valence-electron chi connectivity index (χ0n) is 11.0. The van der Waals surface area contributed by atoms with E-state index in [-0.39, 0.29) is 18.4 Å². The van der Waals surface area contributed by atoms with Crippen molar-refractivity contribution in [2.45, 2.75) is 0 Å². The maximum Gasteiger partial charge on any atom is 0.261 e. The minimum absolute atomic E-state index is 0.0616. The Bertz CT molecular complexity index is 569. The molecule has 2 amide bonds. The fraction of sp³-hybridized carbons (Fsp3) is 0.143. The van der Waals surface area contributed by atoms with Crippen molar-refractivity contribution in [3.8, 4) is 0 Å². The van der Waals surface area contributed by atoms with Crippen molar-refractivity contribution in [3.63, 3.8) is 0 Å². The Labute approximate surface area is 121 Å². The van der Waals surface area contributed by atoms with Crippen LogP contribution in [-0.4, -0.2) is 25.4 Å². The Kier molecular flexibility index (Phi) is 4.73. The highest BCUT2D eigenvalue weighted by Crippen LogP contribution is 2.08. The van der Waals surface area contributed by atoms with Gasteiger partial charge in [-0.1, -0.05) is 24.3 Å². The summed E-state index contributed by atoms with van der Waals surface area (Å²) in [6.07, 6.45) is 0. The van der Waals surface area contributed by atoms with Gasteiger partial charge in [-0.2, -0.15) is 0 Å². The number of carbonyl (C=O) groups is 2. The molecule has 6 heteroatoms. The van der Waals surface area contributed by atoms with E-state index in [1.807, 2.05) is 35.7 Å². The third kappa shape index (κ3) is 3.83. The first kappa shape index (κ1) is 14.1. The zero-order chi connectivity index (χ0) is 14.4. The molecule has 0 radical (unpaired) electrons. The molecule has 0 unspecified atom stereocenters. The zero-order valence-corrected chi connectivity index (χ0v) is 11.8. The fourth-order valence-electron chi connectivity index (χ4n) is 1.60. The lowest BCUT2D eigenvalue weighted by Gasteiger charge is -2.20. The van der Waals surface area contributed by atoms with E-state index in [1.165, 1.54) is 11.3 Å². The Morgan fingerprint density at radius 2 is 1.90 bits per heavy atom. The van der Waals surface area contributed by atoms with E-state index in [4.69, 9.17) is 0 Å². The average Bonchev–Trinajstić information content (AvgIpc) is 3.00. The standard InChI is InChI=1S/C14H15N3O2S/c1-17(11-6-3-2-4-7-11)16-13(18)10-15-14(19)12-8-5-9-20-12/h2-9H,10H2,1H3,(H,15,19)(H,16,18). The van der Waals surface area contributed by atoms with Gasteiger partial charge in [-0.15, -0.1) is 11.3 Å². The van der Waals surface area contributed by atoms with Gasteiger partial charge in [0.2, 0.25) is 0 Å². The predicted molar refractivity (Wildman–Crippen MR) is 79.6 cm³/mol. The first-order chi connectivity index (χ1) is 9.66. The van der Waals surface area contributed by atoms with E-state index in [0.29, 0.717) is 4.88 Å². The van der Waals surface area contributed by atoms with Crippen LogP contribution in [0, 0.1) is 0 Å². The summed E-state index contributed by atoms with van der Waals surface area (Å²) >= 11 is 1.34. The van der Waals surface area contributed by atoms with Crippen molar-refractivity contribution in [1.29, 1.82) is 0 Å². The minimum Gasteiger partial charge on any atom is -0.342 e. The number of hydrogen-bond donors (Lipinski definition) is 2. The number of hydrazine groups is 1. The lowest BCUT2D eigenvalue weighted by Crippen LogP contribution is -2.44. The summed E-state index contributed by atoms with van der Waals surface area (Å²) in [6.45, 7) is -0.0616. The molecule has 0 fully saturated rings. The number of carbonyl (C=O) groups excluding carboxylic acids is 2. The second-order valence-electron chi connectivity index (χ2n) is 4.09. The first-order valence-corrected chi connectivity index (χ1v) is 6.95. The van der Waals surface area contributed by atoms with Gasteiger partial charge in [-0.3, -0.25) is 20.0 Å². The molecule has 5 nitrogen and oxygen atoms in total. The number of benzene rings is 1.